The highest BCUT2D eigenvalue weighted by molar-refractivity contribution is 5.90. The van der Waals surface area contributed by atoms with Crippen molar-refractivity contribution in [2.45, 2.75) is 44.3 Å². The maximum Gasteiger partial charge on any atom is 0.338 e. The van der Waals surface area contributed by atoms with E-state index < -0.39 is 0 Å². The predicted octanol–water partition coefficient (Wildman–Crippen LogP) is 2.19. The first kappa shape index (κ1) is 14.5. The van der Waals surface area contributed by atoms with Crippen LogP contribution in [0.3, 0.4) is 0 Å². The summed E-state index contributed by atoms with van der Waals surface area (Å²) in [5.41, 5.74) is 1.69. The van der Waals surface area contributed by atoms with Crippen molar-refractivity contribution in [3.8, 4) is 0 Å². The lowest BCUT2D eigenvalue weighted by molar-refractivity contribution is 0.0599. The number of nitrogens with one attached hydrogen (secondary N) is 1. The summed E-state index contributed by atoms with van der Waals surface area (Å²) in [5, 5.41) is 3.60. The number of hydrogen-bond donors (Lipinski definition) is 1. The Bertz CT molecular complexity index is 491. The van der Waals surface area contributed by atoms with Gasteiger partial charge in [0.05, 0.1) is 12.7 Å². The van der Waals surface area contributed by atoms with Crippen molar-refractivity contribution in [3.05, 3.63) is 35.4 Å². The molecule has 0 unspecified atom stereocenters. The molecule has 0 spiro atoms. The summed E-state index contributed by atoms with van der Waals surface area (Å²) in [6.07, 6.45) is 5.20. The minimum atomic E-state index is -0.254. The molecular weight excluding hydrogens is 264 g/mol. The number of carbonyl (C=O) groups excluding carboxylic acids is 1. The molecule has 1 aromatic rings. The Hall–Kier alpha value is -1.39. The molecule has 1 aromatic carbocycles. The smallest absolute Gasteiger partial charge is 0.338 e. The summed E-state index contributed by atoms with van der Waals surface area (Å²) in [4.78, 5) is 14.4. The van der Waals surface area contributed by atoms with E-state index in [1.807, 2.05) is 24.3 Å². The zero-order valence-electron chi connectivity index (χ0n) is 12.7. The minimum Gasteiger partial charge on any atom is -0.465 e. The summed E-state index contributed by atoms with van der Waals surface area (Å²) in [6.45, 7) is 3.15. The number of benzene rings is 1. The quantitative estimate of drug-likeness (QED) is 0.843. The zero-order chi connectivity index (χ0) is 14.7. The first-order valence-corrected chi connectivity index (χ1v) is 7.91. The van der Waals surface area contributed by atoms with Gasteiger partial charge in [-0.3, -0.25) is 0 Å². The van der Waals surface area contributed by atoms with E-state index in [2.05, 4.69) is 10.2 Å². The number of likely N-dealkylation sites (tertiary alicyclic amines) is 1. The average molecular weight is 288 g/mol. The fourth-order valence-electron chi connectivity index (χ4n) is 3.15. The molecule has 1 heterocycles. The van der Waals surface area contributed by atoms with Gasteiger partial charge in [0.2, 0.25) is 0 Å². The monoisotopic (exact) mass is 288 g/mol. The molecule has 1 N–H and O–H groups in total. The maximum atomic E-state index is 11.8. The molecule has 1 aliphatic heterocycles. The second kappa shape index (κ2) is 6.58. The average Bonchev–Trinajstić information content (AvgIpc) is 3.38. The number of ether oxygens (including phenoxy) is 1. The highest BCUT2D eigenvalue weighted by Gasteiger charge is 2.31. The molecule has 1 aliphatic carbocycles. The van der Waals surface area contributed by atoms with Crippen molar-refractivity contribution >= 4 is 5.97 Å². The van der Waals surface area contributed by atoms with Crippen LogP contribution in [0.1, 0.15) is 41.6 Å². The van der Waals surface area contributed by atoms with Crippen LogP contribution in [-0.2, 0) is 11.3 Å². The number of methoxy groups -OCH3 is 1. The lowest BCUT2D eigenvalue weighted by Gasteiger charge is -2.32. The zero-order valence-corrected chi connectivity index (χ0v) is 12.7. The van der Waals surface area contributed by atoms with Crippen LogP contribution in [0.4, 0.5) is 0 Å². The molecule has 0 atom stereocenters. The Morgan fingerprint density at radius 2 is 1.95 bits per heavy atom. The molecule has 21 heavy (non-hydrogen) atoms. The summed E-state index contributed by atoms with van der Waals surface area (Å²) >= 11 is 0. The van der Waals surface area contributed by atoms with E-state index in [9.17, 15) is 4.79 Å². The van der Waals surface area contributed by atoms with Crippen LogP contribution in [0.25, 0.3) is 0 Å². The molecule has 0 aromatic heterocycles. The molecule has 1 saturated carbocycles. The van der Waals surface area contributed by atoms with Crippen LogP contribution in [-0.4, -0.2) is 43.2 Å². The van der Waals surface area contributed by atoms with Crippen molar-refractivity contribution < 1.29 is 9.53 Å². The number of rotatable bonds is 5. The Balaban J connectivity index is 1.52. The first-order chi connectivity index (χ1) is 10.3. The summed E-state index contributed by atoms with van der Waals surface area (Å²) in [6, 6.07) is 9.12. The van der Waals surface area contributed by atoms with Crippen LogP contribution >= 0.6 is 0 Å². The van der Waals surface area contributed by atoms with Crippen molar-refractivity contribution in [1.29, 1.82) is 0 Å². The summed E-state index contributed by atoms with van der Waals surface area (Å²) in [5.74, 6) is -0.254. The van der Waals surface area contributed by atoms with Crippen LogP contribution < -0.4 is 5.32 Å². The number of esters is 1. The molecule has 2 aliphatic rings. The molecule has 3 rings (SSSR count). The molecule has 114 valence electrons. The SMILES string of the molecule is COC(=O)c1ccccc1CNC1CCN(C2CC2)CC1. The van der Waals surface area contributed by atoms with Crippen LogP contribution in [0.15, 0.2) is 24.3 Å². The number of hydrogen-bond acceptors (Lipinski definition) is 4. The topological polar surface area (TPSA) is 41.6 Å². The highest BCUT2D eigenvalue weighted by atomic mass is 16.5. The van der Waals surface area contributed by atoms with Gasteiger partial charge in [-0.25, -0.2) is 4.79 Å². The Labute approximate surface area is 126 Å². The van der Waals surface area contributed by atoms with Gasteiger partial charge in [0, 0.05) is 18.6 Å². The molecule has 4 nitrogen and oxygen atoms in total. The first-order valence-electron chi connectivity index (χ1n) is 7.91. The van der Waals surface area contributed by atoms with Crippen LogP contribution in [0.5, 0.6) is 0 Å². The third-order valence-corrected chi connectivity index (χ3v) is 4.60. The molecule has 1 saturated heterocycles. The van der Waals surface area contributed by atoms with Gasteiger partial charge in [0.25, 0.3) is 0 Å². The molecule has 4 heteroatoms. The van der Waals surface area contributed by atoms with Crippen molar-refractivity contribution in [1.82, 2.24) is 10.2 Å². The van der Waals surface area contributed by atoms with E-state index in [-0.39, 0.29) is 5.97 Å². The van der Waals surface area contributed by atoms with Crippen LogP contribution in [0, 0.1) is 0 Å². The molecule has 0 amide bonds. The van der Waals surface area contributed by atoms with E-state index >= 15 is 0 Å². The van der Waals surface area contributed by atoms with Crippen LogP contribution in [0.2, 0.25) is 0 Å². The Morgan fingerprint density at radius 3 is 2.62 bits per heavy atom. The van der Waals surface area contributed by atoms with Gasteiger partial charge < -0.3 is 15.0 Å². The minimum absolute atomic E-state index is 0.254. The maximum absolute atomic E-state index is 11.8. The Morgan fingerprint density at radius 1 is 1.24 bits per heavy atom. The van der Waals surface area contributed by atoms with Gasteiger partial charge in [0.1, 0.15) is 0 Å². The summed E-state index contributed by atoms with van der Waals surface area (Å²) in [7, 11) is 1.43. The fourth-order valence-corrected chi connectivity index (χ4v) is 3.15. The van der Waals surface area contributed by atoms with E-state index in [4.69, 9.17) is 4.74 Å². The van der Waals surface area contributed by atoms with Gasteiger partial charge in [0.15, 0.2) is 0 Å². The second-order valence-corrected chi connectivity index (χ2v) is 6.07. The van der Waals surface area contributed by atoms with Crippen molar-refractivity contribution in [3.63, 3.8) is 0 Å². The lowest BCUT2D eigenvalue weighted by atomic mass is 10.0. The van der Waals surface area contributed by atoms with E-state index in [0.717, 1.165) is 18.2 Å². The normalized spacial score (nSPS) is 20.4. The molecular formula is C17H24N2O2. The standard InChI is InChI=1S/C17H24N2O2/c1-21-17(20)16-5-3-2-4-13(16)12-18-14-8-10-19(11-9-14)15-6-7-15/h2-5,14-15,18H,6-12H2,1H3. The third-order valence-electron chi connectivity index (χ3n) is 4.60. The van der Waals surface area contributed by atoms with E-state index in [1.54, 1.807) is 0 Å². The molecule has 0 bridgehead atoms. The lowest BCUT2D eigenvalue weighted by Crippen LogP contribution is -2.43. The van der Waals surface area contributed by atoms with Gasteiger partial charge in [-0.15, -0.1) is 0 Å². The van der Waals surface area contributed by atoms with E-state index in [0.29, 0.717) is 11.6 Å². The fraction of sp³-hybridized carbons (Fsp3) is 0.588. The van der Waals surface area contributed by atoms with Gasteiger partial charge in [-0.1, -0.05) is 18.2 Å². The number of piperidine rings is 1. The highest BCUT2D eigenvalue weighted by Crippen LogP contribution is 2.29. The summed E-state index contributed by atoms with van der Waals surface area (Å²) < 4.78 is 4.84. The van der Waals surface area contributed by atoms with Gasteiger partial charge >= 0.3 is 5.97 Å². The van der Waals surface area contributed by atoms with E-state index in [1.165, 1.54) is 45.9 Å². The van der Waals surface area contributed by atoms with Gasteiger partial charge in [-0.05, 0) is 50.4 Å². The Kier molecular flexibility index (Phi) is 4.56. The van der Waals surface area contributed by atoms with Gasteiger partial charge in [-0.2, -0.15) is 0 Å². The van der Waals surface area contributed by atoms with Crippen molar-refractivity contribution in [2.24, 2.45) is 0 Å². The third kappa shape index (κ3) is 3.63. The number of nitrogens with zero attached hydrogens (tertiary/aromatic N) is 1. The largest absolute Gasteiger partial charge is 0.465 e. The second-order valence-electron chi connectivity index (χ2n) is 6.07. The van der Waals surface area contributed by atoms with Crippen molar-refractivity contribution in [2.75, 3.05) is 20.2 Å². The number of carbonyl (C=O) groups is 1. The molecule has 0 radical (unpaired) electrons. The predicted molar refractivity (Wildman–Crippen MR) is 82.2 cm³/mol. The molecule has 2 fully saturated rings.